The summed E-state index contributed by atoms with van der Waals surface area (Å²) in [7, 11) is 1.68. The molecule has 3 fully saturated rings. The van der Waals surface area contributed by atoms with E-state index in [1.807, 2.05) is 0 Å². The fourth-order valence-electron chi connectivity index (χ4n) is 4.74. The van der Waals surface area contributed by atoms with Gasteiger partial charge in [0, 0.05) is 13.0 Å². The standard InChI is InChI=1S/C14H24N2O/c1-13(2)6-4-7-14(13)8-10-16-9-5-11(12(14)16)15-17-3/h12H,4-10H2,1-3H3/t12-,14+/m0/s1. The lowest BCUT2D eigenvalue weighted by atomic mass is 9.62. The highest BCUT2D eigenvalue weighted by atomic mass is 16.6. The number of hydrogen-bond acceptors (Lipinski definition) is 3. The van der Waals surface area contributed by atoms with Gasteiger partial charge in [0.25, 0.3) is 0 Å². The summed E-state index contributed by atoms with van der Waals surface area (Å²) < 4.78 is 0. The van der Waals surface area contributed by atoms with Crippen molar-refractivity contribution in [3.8, 4) is 0 Å². The minimum atomic E-state index is 0.464. The van der Waals surface area contributed by atoms with Gasteiger partial charge in [-0.15, -0.1) is 0 Å². The van der Waals surface area contributed by atoms with Crippen LogP contribution in [0.5, 0.6) is 0 Å². The molecule has 17 heavy (non-hydrogen) atoms. The van der Waals surface area contributed by atoms with Gasteiger partial charge < -0.3 is 4.84 Å². The van der Waals surface area contributed by atoms with Crippen LogP contribution in [-0.4, -0.2) is 36.9 Å². The second-order valence-electron chi connectivity index (χ2n) is 6.60. The average molecular weight is 236 g/mol. The van der Waals surface area contributed by atoms with Gasteiger partial charge in [-0.05, 0) is 36.6 Å². The van der Waals surface area contributed by atoms with Gasteiger partial charge in [-0.1, -0.05) is 25.4 Å². The topological polar surface area (TPSA) is 24.8 Å². The zero-order valence-electron chi connectivity index (χ0n) is 11.3. The van der Waals surface area contributed by atoms with Crippen molar-refractivity contribution in [2.24, 2.45) is 16.0 Å². The molecule has 0 bridgehead atoms. The zero-order valence-corrected chi connectivity index (χ0v) is 11.3. The van der Waals surface area contributed by atoms with Gasteiger partial charge in [0.15, 0.2) is 0 Å². The summed E-state index contributed by atoms with van der Waals surface area (Å²) in [5.74, 6) is 0. The summed E-state index contributed by atoms with van der Waals surface area (Å²) in [6.07, 6.45) is 6.60. The third kappa shape index (κ3) is 1.41. The third-order valence-corrected chi connectivity index (χ3v) is 5.69. The van der Waals surface area contributed by atoms with Gasteiger partial charge in [0.2, 0.25) is 0 Å². The number of nitrogens with zero attached hydrogens (tertiary/aromatic N) is 2. The number of hydrogen-bond donors (Lipinski definition) is 0. The summed E-state index contributed by atoms with van der Waals surface area (Å²) in [6.45, 7) is 7.38. The Morgan fingerprint density at radius 1 is 1.24 bits per heavy atom. The summed E-state index contributed by atoms with van der Waals surface area (Å²) in [4.78, 5) is 7.71. The molecule has 2 aliphatic heterocycles. The maximum Gasteiger partial charge on any atom is 0.106 e. The van der Waals surface area contributed by atoms with Crippen LogP contribution in [0.1, 0.15) is 46.0 Å². The van der Waals surface area contributed by atoms with Crippen molar-refractivity contribution in [1.29, 1.82) is 0 Å². The Morgan fingerprint density at radius 2 is 2.06 bits per heavy atom. The summed E-state index contributed by atoms with van der Waals surface area (Å²) in [6, 6.07) is 0.569. The Morgan fingerprint density at radius 3 is 2.71 bits per heavy atom. The highest BCUT2D eigenvalue weighted by Crippen LogP contribution is 2.61. The van der Waals surface area contributed by atoms with Crippen molar-refractivity contribution in [3.05, 3.63) is 0 Å². The second-order valence-corrected chi connectivity index (χ2v) is 6.60. The maximum atomic E-state index is 5.07. The van der Waals surface area contributed by atoms with Crippen LogP contribution in [0, 0.1) is 10.8 Å². The quantitative estimate of drug-likeness (QED) is 0.654. The lowest BCUT2D eigenvalue weighted by molar-refractivity contribution is 0.0934. The predicted molar refractivity (Wildman–Crippen MR) is 69.1 cm³/mol. The molecule has 0 radical (unpaired) electrons. The van der Waals surface area contributed by atoms with E-state index in [4.69, 9.17) is 4.84 Å². The molecule has 1 saturated carbocycles. The normalized spacial score (nSPS) is 42.5. The summed E-state index contributed by atoms with van der Waals surface area (Å²) in [5.41, 5.74) is 2.24. The second kappa shape index (κ2) is 3.71. The Hall–Kier alpha value is -0.570. The monoisotopic (exact) mass is 236 g/mol. The smallest absolute Gasteiger partial charge is 0.106 e. The molecule has 3 aliphatic rings. The molecule has 2 atom stereocenters. The van der Waals surface area contributed by atoms with Crippen LogP contribution in [0.2, 0.25) is 0 Å². The molecular weight excluding hydrogens is 212 g/mol. The van der Waals surface area contributed by atoms with E-state index >= 15 is 0 Å². The molecule has 96 valence electrons. The Labute approximate surface area is 104 Å². The fourth-order valence-corrected chi connectivity index (χ4v) is 4.74. The first-order valence-electron chi connectivity index (χ1n) is 6.95. The molecule has 0 aromatic heterocycles. The van der Waals surface area contributed by atoms with Crippen molar-refractivity contribution < 1.29 is 4.84 Å². The van der Waals surface area contributed by atoms with E-state index in [1.54, 1.807) is 7.11 Å². The first kappa shape index (κ1) is 11.5. The maximum absolute atomic E-state index is 5.07. The molecule has 1 aliphatic carbocycles. The van der Waals surface area contributed by atoms with Gasteiger partial charge in [-0.3, -0.25) is 4.90 Å². The largest absolute Gasteiger partial charge is 0.399 e. The van der Waals surface area contributed by atoms with E-state index in [0.29, 0.717) is 16.9 Å². The van der Waals surface area contributed by atoms with E-state index in [0.717, 1.165) is 6.42 Å². The molecule has 0 amide bonds. The minimum absolute atomic E-state index is 0.464. The van der Waals surface area contributed by atoms with Gasteiger partial charge in [-0.2, -0.15) is 0 Å². The molecule has 0 aromatic carbocycles. The van der Waals surface area contributed by atoms with Gasteiger partial charge in [-0.25, -0.2) is 0 Å². The van der Waals surface area contributed by atoms with Crippen LogP contribution in [-0.2, 0) is 4.84 Å². The number of fused-ring (bicyclic) bond motifs is 2. The lowest BCUT2D eigenvalue weighted by Crippen LogP contribution is -2.46. The Kier molecular flexibility index (Phi) is 2.51. The van der Waals surface area contributed by atoms with Crippen LogP contribution < -0.4 is 0 Å². The van der Waals surface area contributed by atoms with Crippen molar-refractivity contribution in [3.63, 3.8) is 0 Å². The number of rotatable bonds is 1. The van der Waals surface area contributed by atoms with Crippen LogP contribution in [0.4, 0.5) is 0 Å². The van der Waals surface area contributed by atoms with Gasteiger partial charge in [0.05, 0.1) is 11.8 Å². The van der Waals surface area contributed by atoms with Crippen LogP contribution in [0.25, 0.3) is 0 Å². The summed E-state index contributed by atoms with van der Waals surface area (Å²) in [5, 5.41) is 4.33. The summed E-state index contributed by atoms with van der Waals surface area (Å²) >= 11 is 0. The molecule has 0 aromatic rings. The van der Waals surface area contributed by atoms with Crippen molar-refractivity contribution in [2.75, 3.05) is 20.2 Å². The van der Waals surface area contributed by atoms with E-state index in [-0.39, 0.29) is 0 Å². The number of oxime groups is 1. The predicted octanol–water partition coefficient (Wildman–Crippen LogP) is 2.66. The van der Waals surface area contributed by atoms with E-state index in [1.165, 1.54) is 44.5 Å². The minimum Gasteiger partial charge on any atom is -0.399 e. The highest BCUT2D eigenvalue weighted by molar-refractivity contribution is 5.92. The molecule has 0 unspecified atom stereocenters. The first-order valence-corrected chi connectivity index (χ1v) is 6.95. The zero-order chi connectivity index (χ0) is 12.1. The Bertz CT molecular complexity index is 350. The van der Waals surface area contributed by atoms with E-state index in [9.17, 15) is 0 Å². The highest BCUT2D eigenvalue weighted by Gasteiger charge is 2.60. The average Bonchev–Trinajstić information content (AvgIpc) is 2.89. The fraction of sp³-hybridized carbons (Fsp3) is 0.929. The van der Waals surface area contributed by atoms with Crippen molar-refractivity contribution >= 4 is 5.71 Å². The van der Waals surface area contributed by atoms with E-state index < -0.39 is 0 Å². The first-order chi connectivity index (χ1) is 8.11. The van der Waals surface area contributed by atoms with E-state index in [2.05, 4.69) is 23.9 Å². The Balaban J connectivity index is 1.99. The van der Waals surface area contributed by atoms with Crippen LogP contribution in [0.3, 0.4) is 0 Å². The molecule has 2 saturated heterocycles. The molecular formula is C14H24N2O. The molecule has 2 heterocycles. The van der Waals surface area contributed by atoms with Crippen LogP contribution in [0.15, 0.2) is 5.16 Å². The molecule has 3 nitrogen and oxygen atoms in total. The third-order valence-electron chi connectivity index (χ3n) is 5.69. The van der Waals surface area contributed by atoms with Crippen molar-refractivity contribution in [2.45, 2.75) is 52.0 Å². The van der Waals surface area contributed by atoms with Gasteiger partial charge >= 0.3 is 0 Å². The lowest BCUT2D eigenvalue weighted by Gasteiger charge is -2.43. The molecule has 3 rings (SSSR count). The molecule has 1 spiro atoms. The van der Waals surface area contributed by atoms with Crippen LogP contribution >= 0.6 is 0 Å². The van der Waals surface area contributed by atoms with Crippen molar-refractivity contribution in [1.82, 2.24) is 4.90 Å². The molecule has 3 heteroatoms. The SMILES string of the molecule is CON=C1CCN2CC[C@]3(CCCC3(C)C)[C@H]12. The molecule has 0 N–H and O–H groups in total. The van der Waals surface area contributed by atoms with Gasteiger partial charge in [0.1, 0.15) is 7.11 Å².